The number of hydrogen-bond acceptors (Lipinski definition) is 3. The molecule has 2 heterocycles. The number of carbonyl (C=O) groups is 2. The van der Waals surface area contributed by atoms with Crippen LogP contribution in [0.15, 0.2) is 18.2 Å². The highest BCUT2D eigenvalue weighted by molar-refractivity contribution is 6.08. The van der Waals surface area contributed by atoms with E-state index in [0.29, 0.717) is 19.0 Å². The van der Waals surface area contributed by atoms with Crippen molar-refractivity contribution >= 4 is 17.5 Å². The summed E-state index contributed by atoms with van der Waals surface area (Å²) in [6.45, 7) is 11.3. The number of anilines is 1. The number of hydrogen-bond donors (Lipinski definition) is 0. The number of aryl methyl sites for hydroxylation is 1. The lowest BCUT2D eigenvalue weighted by atomic mass is 9.96. The van der Waals surface area contributed by atoms with Gasteiger partial charge in [0.25, 0.3) is 0 Å². The molecule has 3 fully saturated rings. The Labute approximate surface area is 168 Å². The van der Waals surface area contributed by atoms with Crippen LogP contribution >= 0.6 is 0 Å². The fraction of sp³-hybridized carbons (Fsp3) is 0.652. The maximum atomic E-state index is 13.3. The van der Waals surface area contributed by atoms with Gasteiger partial charge in [0.05, 0.1) is 0 Å². The molecule has 2 aliphatic heterocycles. The third-order valence-electron chi connectivity index (χ3n) is 7.12. The number of piperidine rings is 1. The van der Waals surface area contributed by atoms with E-state index in [1.54, 1.807) is 0 Å². The van der Waals surface area contributed by atoms with Gasteiger partial charge in [-0.25, -0.2) is 0 Å². The Balaban J connectivity index is 1.38. The Hall–Kier alpha value is -2.04. The van der Waals surface area contributed by atoms with Gasteiger partial charge in [-0.3, -0.25) is 9.59 Å². The zero-order chi connectivity index (χ0) is 19.9. The van der Waals surface area contributed by atoms with Gasteiger partial charge >= 0.3 is 0 Å². The molecule has 2 saturated heterocycles. The molecule has 0 spiro atoms. The molecule has 0 N–H and O–H groups in total. The van der Waals surface area contributed by atoms with Gasteiger partial charge in [-0.05, 0) is 62.6 Å². The van der Waals surface area contributed by atoms with Gasteiger partial charge < -0.3 is 14.7 Å². The van der Waals surface area contributed by atoms with Crippen LogP contribution in [0.3, 0.4) is 0 Å². The standard InChI is InChI=1S/C23H33N3O2/c1-17-7-11-25(12-8-17)21(27)23(9-10-23)22(28)26-15-13-24(14-16-26)20-6-4-5-18(2)19(20)3/h4-6,17H,7-16H2,1-3H3. The lowest BCUT2D eigenvalue weighted by Gasteiger charge is -2.39. The molecule has 2 amide bonds. The van der Waals surface area contributed by atoms with Crippen molar-refractivity contribution in [3.8, 4) is 0 Å². The highest BCUT2D eigenvalue weighted by Gasteiger charge is 2.59. The van der Waals surface area contributed by atoms with Crippen LogP contribution in [0.2, 0.25) is 0 Å². The van der Waals surface area contributed by atoms with Crippen molar-refractivity contribution in [3.63, 3.8) is 0 Å². The minimum absolute atomic E-state index is 0.0803. The van der Waals surface area contributed by atoms with E-state index in [1.807, 2.05) is 9.80 Å². The summed E-state index contributed by atoms with van der Waals surface area (Å²) in [6, 6.07) is 6.41. The van der Waals surface area contributed by atoms with E-state index in [2.05, 4.69) is 43.9 Å². The summed E-state index contributed by atoms with van der Waals surface area (Å²) in [4.78, 5) is 32.6. The second-order valence-electron chi connectivity index (χ2n) is 9.06. The second-order valence-corrected chi connectivity index (χ2v) is 9.06. The first kappa shape index (κ1) is 19.3. The average molecular weight is 384 g/mol. The first-order chi connectivity index (χ1) is 13.4. The molecular formula is C23H33N3O2. The third-order valence-corrected chi connectivity index (χ3v) is 7.12. The van der Waals surface area contributed by atoms with Crippen LogP contribution in [0.1, 0.15) is 43.7 Å². The normalized spacial score (nSPS) is 22.3. The minimum atomic E-state index is -0.734. The molecule has 28 heavy (non-hydrogen) atoms. The number of amides is 2. The molecule has 1 aliphatic carbocycles. The molecule has 0 atom stereocenters. The monoisotopic (exact) mass is 383 g/mol. The molecule has 4 rings (SSSR count). The number of likely N-dealkylation sites (tertiary alicyclic amines) is 1. The van der Waals surface area contributed by atoms with Crippen molar-refractivity contribution in [2.75, 3.05) is 44.2 Å². The molecule has 0 radical (unpaired) electrons. The molecule has 152 valence electrons. The summed E-state index contributed by atoms with van der Waals surface area (Å²) in [6.07, 6.45) is 3.58. The van der Waals surface area contributed by atoms with E-state index in [1.165, 1.54) is 16.8 Å². The smallest absolute Gasteiger partial charge is 0.238 e. The Bertz CT molecular complexity index is 755. The molecule has 1 aromatic carbocycles. The molecule has 3 aliphatic rings. The van der Waals surface area contributed by atoms with Crippen molar-refractivity contribution < 1.29 is 9.59 Å². The van der Waals surface area contributed by atoms with Crippen molar-refractivity contribution in [1.82, 2.24) is 9.80 Å². The lowest BCUT2D eigenvalue weighted by molar-refractivity contribution is -0.150. The quantitative estimate of drug-likeness (QED) is 0.754. The number of carbonyl (C=O) groups excluding carboxylic acids is 2. The van der Waals surface area contributed by atoms with Gasteiger partial charge in [-0.2, -0.15) is 0 Å². The number of piperazine rings is 1. The van der Waals surface area contributed by atoms with Gasteiger partial charge in [0, 0.05) is 45.0 Å². The fourth-order valence-corrected chi connectivity index (χ4v) is 4.69. The SMILES string of the molecule is Cc1cccc(N2CCN(C(=O)C3(C(=O)N4CCC(C)CC4)CC3)CC2)c1C. The van der Waals surface area contributed by atoms with Gasteiger partial charge in [0.15, 0.2) is 0 Å². The van der Waals surface area contributed by atoms with Crippen LogP contribution in [0.25, 0.3) is 0 Å². The highest BCUT2D eigenvalue weighted by Crippen LogP contribution is 2.49. The van der Waals surface area contributed by atoms with E-state index in [4.69, 9.17) is 0 Å². The molecular weight excluding hydrogens is 350 g/mol. The van der Waals surface area contributed by atoms with Crippen LogP contribution in [0, 0.1) is 25.2 Å². The van der Waals surface area contributed by atoms with Gasteiger partial charge in [0.2, 0.25) is 11.8 Å². The number of benzene rings is 1. The summed E-state index contributed by atoms with van der Waals surface area (Å²) in [7, 11) is 0. The zero-order valence-corrected chi connectivity index (χ0v) is 17.5. The largest absolute Gasteiger partial charge is 0.368 e. The first-order valence-electron chi connectivity index (χ1n) is 10.8. The highest BCUT2D eigenvalue weighted by atomic mass is 16.2. The molecule has 5 nitrogen and oxygen atoms in total. The van der Waals surface area contributed by atoms with Crippen LogP contribution in [-0.2, 0) is 9.59 Å². The fourth-order valence-electron chi connectivity index (χ4n) is 4.69. The molecule has 0 aromatic heterocycles. The predicted molar refractivity (Wildman–Crippen MR) is 111 cm³/mol. The Kier molecular flexibility index (Phi) is 5.11. The Morgan fingerprint density at radius 1 is 0.893 bits per heavy atom. The van der Waals surface area contributed by atoms with Crippen molar-refractivity contribution in [2.24, 2.45) is 11.3 Å². The molecule has 0 unspecified atom stereocenters. The first-order valence-corrected chi connectivity index (χ1v) is 10.8. The molecule has 5 heteroatoms. The average Bonchev–Trinajstić information content (AvgIpc) is 3.52. The summed E-state index contributed by atoms with van der Waals surface area (Å²) < 4.78 is 0. The van der Waals surface area contributed by atoms with E-state index in [-0.39, 0.29) is 11.8 Å². The summed E-state index contributed by atoms with van der Waals surface area (Å²) in [5.74, 6) is 0.867. The summed E-state index contributed by atoms with van der Waals surface area (Å²) in [5.41, 5.74) is 3.15. The topological polar surface area (TPSA) is 43.9 Å². The zero-order valence-electron chi connectivity index (χ0n) is 17.5. The van der Waals surface area contributed by atoms with Gasteiger partial charge in [-0.15, -0.1) is 0 Å². The molecule has 1 aromatic rings. The Morgan fingerprint density at radius 3 is 2.04 bits per heavy atom. The van der Waals surface area contributed by atoms with E-state index in [9.17, 15) is 9.59 Å². The van der Waals surface area contributed by atoms with Gasteiger partial charge in [-0.1, -0.05) is 19.1 Å². The van der Waals surface area contributed by atoms with Crippen molar-refractivity contribution in [1.29, 1.82) is 0 Å². The lowest BCUT2D eigenvalue weighted by Crippen LogP contribution is -2.54. The molecule has 1 saturated carbocycles. The van der Waals surface area contributed by atoms with Crippen LogP contribution in [0.4, 0.5) is 5.69 Å². The van der Waals surface area contributed by atoms with E-state index >= 15 is 0 Å². The van der Waals surface area contributed by atoms with Crippen molar-refractivity contribution in [2.45, 2.75) is 46.5 Å². The van der Waals surface area contributed by atoms with Crippen LogP contribution in [-0.4, -0.2) is 60.9 Å². The predicted octanol–water partition coefficient (Wildman–Crippen LogP) is 2.99. The van der Waals surface area contributed by atoms with E-state index in [0.717, 1.165) is 51.9 Å². The summed E-state index contributed by atoms with van der Waals surface area (Å²) >= 11 is 0. The molecule has 0 bridgehead atoms. The van der Waals surface area contributed by atoms with Crippen LogP contribution < -0.4 is 4.90 Å². The number of nitrogens with zero attached hydrogens (tertiary/aromatic N) is 3. The number of rotatable bonds is 3. The second kappa shape index (κ2) is 7.41. The maximum Gasteiger partial charge on any atom is 0.238 e. The van der Waals surface area contributed by atoms with Crippen LogP contribution in [0.5, 0.6) is 0 Å². The van der Waals surface area contributed by atoms with E-state index < -0.39 is 5.41 Å². The van der Waals surface area contributed by atoms with Gasteiger partial charge in [0.1, 0.15) is 5.41 Å². The van der Waals surface area contributed by atoms with Crippen molar-refractivity contribution in [3.05, 3.63) is 29.3 Å². The summed E-state index contributed by atoms with van der Waals surface area (Å²) in [5, 5.41) is 0. The third kappa shape index (κ3) is 3.40. The Morgan fingerprint density at radius 2 is 1.46 bits per heavy atom. The maximum absolute atomic E-state index is 13.3. The minimum Gasteiger partial charge on any atom is -0.368 e.